The average molecular weight is 454 g/mol. The maximum atomic E-state index is 13.4. The van der Waals surface area contributed by atoms with Crippen LogP contribution in [0.25, 0.3) is 11.5 Å². The van der Waals surface area contributed by atoms with Crippen LogP contribution in [0.4, 0.5) is 11.4 Å². The largest absolute Gasteiger partial charge is 0.867 e. The summed E-state index contributed by atoms with van der Waals surface area (Å²) < 4.78 is 1.64. The Morgan fingerprint density at radius 1 is 1.06 bits per heavy atom. The standard InChI is InChI=1S/C23H20ClN3O3S/c1-15(2)16-11-13-26(14-12-16)21(23(31)25-20-6-4-3-5-19(20)24)22(28)17-7-9-18(10-8-17)27(29)30/h3-15H,1-2H3,(H-,25,28,31). The Balaban J connectivity index is 2.08. The van der Waals surface area contributed by atoms with Crippen molar-refractivity contribution in [2.24, 2.45) is 0 Å². The second kappa shape index (κ2) is 9.68. The number of non-ortho nitro benzene ring substituents is 1. The summed E-state index contributed by atoms with van der Waals surface area (Å²) in [4.78, 5) is 10.6. The molecule has 31 heavy (non-hydrogen) atoms. The topological polar surface area (TPSA) is 82.1 Å². The van der Waals surface area contributed by atoms with Crippen molar-refractivity contribution in [3.63, 3.8) is 0 Å². The van der Waals surface area contributed by atoms with Crippen LogP contribution in [-0.4, -0.2) is 9.91 Å². The number of aromatic nitrogens is 1. The minimum atomic E-state index is -0.512. The third-order valence-electron chi connectivity index (χ3n) is 4.67. The molecule has 158 valence electrons. The fourth-order valence-corrected chi connectivity index (χ4v) is 3.42. The molecule has 1 heterocycles. The summed E-state index contributed by atoms with van der Waals surface area (Å²) in [5, 5.41) is 27.8. The van der Waals surface area contributed by atoms with Crippen molar-refractivity contribution in [2.45, 2.75) is 19.8 Å². The van der Waals surface area contributed by atoms with Crippen molar-refractivity contribution in [2.75, 3.05) is 5.32 Å². The number of pyridine rings is 1. The fourth-order valence-electron chi connectivity index (χ4n) is 2.92. The van der Waals surface area contributed by atoms with Gasteiger partial charge in [0.2, 0.25) is 5.70 Å². The lowest BCUT2D eigenvalue weighted by Gasteiger charge is -2.17. The molecule has 0 fully saturated rings. The van der Waals surface area contributed by atoms with E-state index >= 15 is 0 Å². The number of rotatable bonds is 6. The number of benzene rings is 2. The van der Waals surface area contributed by atoms with E-state index in [1.807, 2.05) is 12.1 Å². The Morgan fingerprint density at radius 2 is 1.68 bits per heavy atom. The van der Waals surface area contributed by atoms with Crippen LogP contribution in [0.3, 0.4) is 0 Å². The quantitative estimate of drug-likeness (QED) is 0.145. The van der Waals surface area contributed by atoms with Crippen molar-refractivity contribution >= 4 is 51.6 Å². The number of hydrogen-bond acceptors (Lipinski definition) is 4. The van der Waals surface area contributed by atoms with Gasteiger partial charge in [-0.15, -0.1) is 0 Å². The highest BCUT2D eigenvalue weighted by molar-refractivity contribution is 7.81. The molecule has 3 rings (SSSR count). The van der Waals surface area contributed by atoms with Gasteiger partial charge >= 0.3 is 0 Å². The third-order valence-corrected chi connectivity index (χ3v) is 5.30. The lowest BCUT2D eigenvalue weighted by molar-refractivity contribution is -0.577. The van der Waals surface area contributed by atoms with E-state index in [0.29, 0.717) is 16.6 Å². The molecular formula is C23H20ClN3O3S. The molecule has 2 aromatic carbocycles. The van der Waals surface area contributed by atoms with Gasteiger partial charge in [0, 0.05) is 24.3 Å². The van der Waals surface area contributed by atoms with Gasteiger partial charge in [-0.05, 0) is 47.1 Å². The van der Waals surface area contributed by atoms with Gasteiger partial charge in [0.1, 0.15) is 0 Å². The van der Waals surface area contributed by atoms with E-state index in [2.05, 4.69) is 19.2 Å². The van der Waals surface area contributed by atoms with Crippen molar-refractivity contribution in [1.29, 1.82) is 0 Å². The molecule has 0 aliphatic rings. The van der Waals surface area contributed by atoms with E-state index in [-0.39, 0.29) is 27.7 Å². The first kappa shape index (κ1) is 22.4. The zero-order chi connectivity index (χ0) is 22.5. The van der Waals surface area contributed by atoms with Gasteiger partial charge in [0.05, 0.1) is 15.6 Å². The lowest BCUT2D eigenvalue weighted by atomic mass is 10.1. The van der Waals surface area contributed by atoms with E-state index < -0.39 is 4.92 Å². The van der Waals surface area contributed by atoms with Crippen LogP contribution >= 0.6 is 23.8 Å². The van der Waals surface area contributed by atoms with Crippen LogP contribution in [0.15, 0.2) is 73.1 Å². The maximum Gasteiger partial charge on any atom is 0.269 e. The van der Waals surface area contributed by atoms with Crippen LogP contribution in [0.1, 0.15) is 30.9 Å². The maximum absolute atomic E-state index is 13.4. The van der Waals surface area contributed by atoms with Crippen LogP contribution < -0.4 is 15.0 Å². The van der Waals surface area contributed by atoms with Gasteiger partial charge in [-0.3, -0.25) is 10.1 Å². The van der Waals surface area contributed by atoms with E-state index in [1.54, 1.807) is 41.2 Å². The third kappa shape index (κ3) is 5.25. The smallest absolute Gasteiger partial charge is 0.269 e. The van der Waals surface area contributed by atoms with Crippen LogP contribution in [-0.2, 0) is 0 Å². The van der Waals surface area contributed by atoms with Crippen LogP contribution in [0, 0.1) is 10.1 Å². The molecule has 3 aromatic rings. The lowest BCUT2D eigenvalue weighted by Crippen LogP contribution is -2.40. The average Bonchev–Trinajstić information content (AvgIpc) is 2.76. The minimum Gasteiger partial charge on any atom is -0.867 e. The molecule has 0 aliphatic heterocycles. The van der Waals surface area contributed by atoms with E-state index in [4.69, 9.17) is 23.8 Å². The molecule has 0 amide bonds. The number of thiocarbonyl (C=S) groups is 1. The molecule has 0 atom stereocenters. The number of nitro groups is 1. The molecule has 0 unspecified atom stereocenters. The number of hydrogen-bond donors (Lipinski definition) is 1. The number of nitrogens with zero attached hydrogens (tertiary/aromatic N) is 2. The number of halogens is 1. The summed E-state index contributed by atoms with van der Waals surface area (Å²) in [6.07, 6.45) is 3.54. The molecular weight excluding hydrogens is 434 g/mol. The highest BCUT2D eigenvalue weighted by Crippen LogP contribution is 2.24. The molecule has 0 radical (unpaired) electrons. The zero-order valence-corrected chi connectivity index (χ0v) is 18.5. The van der Waals surface area contributed by atoms with Gasteiger partial charge in [-0.1, -0.05) is 49.8 Å². The molecule has 0 spiro atoms. The van der Waals surface area contributed by atoms with E-state index in [0.717, 1.165) is 5.56 Å². The Morgan fingerprint density at radius 3 is 2.23 bits per heavy atom. The van der Waals surface area contributed by atoms with Crippen molar-refractivity contribution < 1.29 is 14.6 Å². The number of nitrogens with one attached hydrogen (secondary N) is 1. The molecule has 1 N–H and O–H groups in total. The SMILES string of the molecule is CC(C)c1cc[n+](/C(C(=S)Nc2ccccc2Cl)=C(/[O-])c2ccc([N+](=O)[O-])cc2)cc1. The second-order valence-electron chi connectivity index (χ2n) is 7.11. The zero-order valence-electron chi connectivity index (χ0n) is 16.9. The van der Waals surface area contributed by atoms with Gasteiger partial charge in [0.15, 0.2) is 17.4 Å². The first-order chi connectivity index (χ1) is 14.8. The highest BCUT2D eigenvalue weighted by Gasteiger charge is 2.20. The van der Waals surface area contributed by atoms with Crippen LogP contribution in [0.5, 0.6) is 0 Å². The van der Waals surface area contributed by atoms with Gasteiger partial charge < -0.3 is 10.4 Å². The summed E-state index contributed by atoms with van der Waals surface area (Å²) in [6, 6.07) is 16.3. The van der Waals surface area contributed by atoms with Gasteiger partial charge in [0.25, 0.3) is 5.69 Å². The van der Waals surface area contributed by atoms with E-state index in [9.17, 15) is 15.2 Å². The predicted molar refractivity (Wildman–Crippen MR) is 125 cm³/mol. The fraction of sp³-hybridized carbons (Fsp3) is 0.130. The first-order valence-corrected chi connectivity index (χ1v) is 10.3. The molecule has 6 nitrogen and oxygen atoms in total. The highest BCUT2D eigenvalue weighted by atomic mass is 35.5. The van der Waals surface area contributed by atoms with Crippen molar-refractivity contribution in [1.82, 2.24) is 0 Å². The Bertz CT molecular complexity index is 1140. The Kier molecular flexibility index (Phi) is 6.99. The molecule has 8 heteroatoms. The molecule has 0 saturated heterocycles. The van der Waals surface area contributed by atoms with Gasteiger partial charge in [-0.25, -0.2) is 0 Å². The Labute approximate surface area is 190 Å². The molecule has 0 saturated carbocycles. The molecule has 1 aromatic heterocycles. The molecule has 0 bridgehead atoms. The minimum absolute atomic E-state index is 0.0937. The second-order valence-corrected chi connectivity index (χ2v) is 7.92. The summed E-state index contributed by atoms with van der Waals surface area (Å²) in [6.45, 7) is 4.16. The first-order valence-electron chi connectivity index (χ1n) is 9.51. The normalized spacial score (nSPS) is 11.7. The number of anilines is 1. The van der Waals surface area contributed by atoms with E-state index in [1.165, 1.54) is 24.3 Å². The molecule has 0 aliphatic carbocycles. The van der Waals surface area contributed by atoms with Crippen molar-refractivity contribution in [3.05, 3.63) is 99.3 Å². The summed E-state index contributed by atoms with van der Waals surface area (Å²) >= 11 is 11.8. The monoisotopic (exact) mass is 453 g/mol. The summed E-state index contributed by atoms with van der Waals surface area (Å²) in [7, 11) is 0. The predicted octanol–water partition coefficient (Wildman–Crippen LogP) is 4.78. The van der Waals surface area contributed by atoms with Gasteiger partial charge in [-0.2, -0.15) is 4.57 Å². The summed E-state index contributed by atoms with van der Waals surface area (Å²) in [5.41, 5.74) is 2.08. The number of para-hydroxylation sites is 1. The van der Waals surface area contributed by atoms with Crippen molar-refractivity contribution in [3.8, 4) is 0 Å². The van der Waals surface area contributed by atoms with Crippen LogP contribution in [0.2, 0.25) is 5.02 Å². The summed E-state index contributed by atoms with van der Waals surface area (Å²) in [5.74, 6) is -0.0431. The Hall–Kier alpha value is -3.29. The number of nitro benzene ring substituents is 1.